The average Bonchev–Trinajstić information content (AvgIpc) is 2.61. The fraction of sp³-hybridized carbons (Fsp3) is 0.923. The largest absolute Gasteiger partial charge is 0.325 e. The van der Waals surface area contributed by atoms with Crippen molar-refractivity contribution in [3.63, 3.8) is 0 Å². The molecule has 1 fully saturated rings. The summed E-state index contributed by atoms with van der Waals surface area (Å²) in [7, 11) is 0. The summed E-state index contributed by atoms with van der Waals surface area (Å²) >= 11 is 0. The molecule has 0 aromatic rings. The summed E-state index contributed by atoms with van der Waals surface area (Å²) in [6, 6.07) is 0. The van der Waals surface area contributed by atoms with Gasteiger partial charge in [0.15, 0.2) is 0 Å². The topological polar surface area (TPSA) is 43.1 Å². The lowest BCUT2D eigenvalue weighted by Gasteiger charge is -2.23. The molecule has 1 saturated carbocycles. The van der Waals surface area contributed by atoms with E-state index < -0.39 is 0 Å². The van der Waals surface area contributed by atoms with E-state index in [-0.39, 0.29) is 5.54 Å². The SMILES string of the molecule is CCC(CC)CC(=O)CC1(N)CCCC1. The van der Waals surface area contributed by atoms with Crippen molar-refractivity contribution >= 4 is 5.78 Å². The molecule has 0 spiro atoms. The van der Waals surface area contributed by atoms with Crippen LogP contribution in [-0.2, 0) is 4.79 Å². The molecule has 0 aromatic heterocycles. The lowest BCUT2D eigenvalue weighted by atomic mass is 9.87. The van der Waals surface area contributed by atoms with Crippen molar-refractivity contribution in [2.24, 2.45) is 11.7 Å². The molecular weight excluding hydrogens is 186 g/mol. The van der Waals surface area contributed by atoms with E-state index in [0.29, 0.717) is 18.1 Å². The number of carbonyl (C=O) groups excluding carboxylic acids is 1. The molecule has 1 aliphatic carbocycles. The van der Waals surface area contributed by atoms with Gasteiger partial charge in [-0.3, -0.25) is 4.79 Å². The highest BCUT2D eigenvalue weighted by Crippen LogP contribution is 2.31. The molecule has 0 aliphatic heterocycles. The zero-order valence-electron chi connectivity index (χ0n) is 10.2. The zero-order valence-corrected chi connectivity index (χ0v) is 10.2. The van der Waals surface area contributed by atoms with Crippen LogP contribution in [-0.4, -0.2) is 11.3 Å². The molecule has 0 unspecified atom stereocenters. The summed E-state index contributed by atoms with van der Waals surface area (Å²) in [6.07, 6.45) is 8.07. The number of ketones is 1. The molecule has 0 saturated heterocycles. The summed E-state index contributed by atoms with van der Waals surface area (Å²) in [5.41, 5.74) is 6.05. The maximum Gasteiger partial charge on any atom is 0.135 e. The minimum absolute atomic E-state index is 0.150. The lowest BCUT2D eigenvalue weighted by Crippen LogP contribution is -2.39. The molecule has 1 rings (SSSR count). The minimum atomic E-state index is -0.150. The van der Waals surface area contributed by atoms with Crippen LogP contribution in [0.25, 0.3) is 0 Å². The standard InChI is InChI=1S/C13H25NO/c1-3-11(4-2)9-12(15)10-13(14)7-5-6-8-13/h11H,3-10,14H2,1-2H3. The van der Waals surface area contributed by atoms with Crippen LogP contribution in [0.1, 0.15) is 65.2 Å². The third kappa shape index (κ3) is 3.94. The Morgan fingerprint density at radius 3 is 2.27 bits per heavy atom. The monoisotopic (exact) mass is 211 g/mol. The van der Waals surface area contributed by atoms with Crippen LogP contribution in [0.15, 0.2) is 0 Å². The van der Waals surface area contributed by atoms with Crippen LogP contribution in [0.2, 0.25) is 0 Å². The highest BCUT2D eigenvalue weighted by atomic mass is 16.1. The Hall–Kier alpha value is -0.370. The number of hydrogen-bond acceptors (Lipinski definition) is 2. The molecule has 0 heterocycles. The Bertz CT molecular complexity index is 203. The molecule has 0 atom stereocenters. The van der Waals surface area contributed by atoms with Crippen molar-refractivity contribution < 1.29 is 4.79 Å². The predicted octanol–water partition coefficient (Wildman–Crippen LogP) is 3.04. The molecule has 0 radical (unpaired) electrons. The molecule has 2 nitrogen and oxygen atoms in total. The molecule has 0 aromatic carbocycles. The fourth-order valence-electron chi connectivity index (χ4n) is 2.62. The van der Waals surface area contributed by atoms with Crippen LogP contribution in [0.3, 0.4) is 0 Å². The van der Waals surface area contributed by atoms with E-state index in [2.05, 4.69) is 13.8 Å². The van der Waals surface area contributed by atoms with Crippen molar-refractivity contribution in [3.8, 4) is 0 Å². The number of nitrogens with two attached hydrogens (primary N) is 1. The van der Waals surface area contributed by atoms with E-state index in [9.17, 15) is 4.79 Å². The first-order valence-electron chi connectivity index (χ1n) is 6.40. The normalized spacial score (nSPS) is 19.7. The molecule has 0 bridgehead atoms. The van der Waals surface area contributed by atoms with Crippen LogP contribution in [0, 0.1) is 5.92 Å². The molecule has 0 amide bonds. The van der Waals surface area contributed by atoms with Gasteiger partial charge in [0.1, 0.15) is 5.78 Å². The van der Waals surface area contributed by atoms with Crippen LogP contribution < -0.4 is 5.73 Å². The Labute approximate surface area is 93.6 Å². The van der Waals surface area contributed by atoms with E-state index in [4.69, 9.17) is 5.73 Å². The zero-order chi connectivity index (χ0) is 11.3. The van der Waals surface area contributed by atoms with Gasteiger partial charge in [-0.1, -0.05) is 39.5 Å². The maximum atomic E-state index is 11.9. The number of Topliss-reactive ketones (excluding diaryl/α,β-unsaturated/α-hetero) is 1. The van der Waals surface area contributed by atoms with Crippen molar-refractivity contribution in [2.75, 3.05) is 0 Å². The Balaban J connectivity index is 2.34. The van der Waals surface area contributed by atoms with Gasteiger partial charge in [-0.25, -0.2) is 0 Å². The highest BCUT2D eigenvalue weighted by Gasteiger charge is 2.31. The van der Waals surface area contributed by atoms with Gasteiger partial charge >= 0.3 is 0 Å². The van der Waals surface area contributed by atoms with E-state index in [0.717, 1.165) is 32.1 Å². The second-order valence-electron chi connectivity index (χ2n) is 5.17. The average molecular weight is 211 g/mol. The maximum absolute atomic E-state index is 11.9. The predicted molar refractivity (Wildman–Crippen MR) is 63.7 cm³/mol. The van der Waals surface area contributed by atoms with Gasteiger partial charge in [0.2, 0.25) is 0 Å². The first kappa shape index (κ1) is 12.7. The number of carbonyl (C=O) groups is 1. The minimum Gasteiger partial charge on any atom is -0.325 e. The second kappa shape index (κ2) is 5.64. The van der Waals surface area contributed by atoms with Gasteiger partial charge < -0.3 is 5.73 Å². The Morgan fingerprint density at radius 2 is 1.80 bits per heavy atom. The van der Waals surface area contributed by atoms with Gasteiger partial charge in [0, 0.05) is 18.4 Å². The van der Waals surface area contributed by atoms with Crippen molar-refractivity contribution in [2.45, 2.75) is 70.8 Å². The van der Waals surface area contributed by atoms with Crippen molar-refractivity contribution in [1.82, 2.24) is 0 Å². The van der Waals surface area contributed by atoms with Gasteiger partial charge in [0.25, 0.3) is 0 Å². The van der Waals surface area contributed by atoms with Crippen LogP contribution in [0.5, 0.6) is 0 Å². The molecular formula is C13H25NO. The summed E-state index contributed by atoms with van der Waals surface area (Å²) in [6.45, 7) is 4.32. The van der Waals surface area contributed by atoms with Gasteiger partial charge in [0.05, 0.1) is 0 Å². The second-order valence-corrected chi connectivity index (χ2v) is 5.17. The number of rotatable bonds is 6. The highest BCUT2D eigenvalue weighted by molar-refractivity contribution is 5.79. The summed E-state index contributed by atoms with van der Waals surface area (Å²) < 4.78 is 0. The van der Waals surface area contributed by atoms with Crippen molar-refractivity contribution in [3.05, 3.63) is 0 Å². The van der Waals surface area contributed by atoms with E-state index in [1.165, 1.54) is 12.8 Å². The quantitative estimate of drug-likeness (QED) is 0.733. The molecule has 1 aliphatic rings. The van der Waals surface area contributed by atoms with Crippen LogP contribution >= 0.6 is 0 Å². The lowest BCUT2D eigenvalue weighted by molar-refractivity contribution is -0.121. The first-order valence-corrected chi connectivity index (χ1v) is 6.40. The summed E-state index contributed by atoms with van der Waals surface area (Å²) in [4.78, 5) is 11.9. The third-order valence-corrected chi connectivity index (χ3v) is 3.82. The Kier molecular flexibility index (Phi) is 4.78. The Morgan fingerprint density at radius 1 is 1.27 bits per heavy atom. The summed E-state index contributed by atoms with van der Waals surface area (Å²) in [5, 5.41) is 0. The molecule has 2 heteroatoms. The summed E-state index contributed by atoms with van der Waals surface area (Å²) in [5.74, 6) is 0.954. The molecule has 15 heavy (non-hydrogen) atoms. The van der Waals surface area contributed by atoms with Gasteiger partial charge in [-0.2, -0.15) is 0 Å². The van der Waals surface area contributed by atoms with Gasteiger partial charge in [-0.15, -0.1) is 0 Å². The van der Waals surface area contributed by atoms with E-state index >= 15 is 0 Å². The number of hydrogen-bond donors (Lipinski definition) is 1. The third-order valence-electron chi connectivity index (χ3n) is 3.82. The van der Waals surface area contributed by atoms with Gasteiger partial charge in [-0.05, 0) is 18.8 Å². The van der Waals surface area contributed by atoms with E-state index in [1.807, 2.05) is 0 Å². The molecule has 2 N–H and O–H groups in total. The van der Waals surface area contributed by atoms with Crippen molar-refractivity contribution in [1.29, 1.82) is 0 Å². The smallest absolute Gasteiger partial charge is 0.135 e. The van der Waals surface area contributed by atoms with Crippen LogP contribution in [0.4, 0.5) is 0 Å². The van der Waals surface area contributed by atoms with E-state index in [1.54, 1.807) is 0 Å². The molecule has 88 valence electrons. The fourth-order valence-corrected chi connectivity index (χ4v) is 2.62. The first-order chi connectivity index (χ1) is 7.09.